The van der Waals surface area contributed by atoms with Gasteiger partial charge < -0.3 is 16.0 Å². The number of ketones is 1. The molecule has 2 fully saturated rings. The lowest BCUT2D eigenvalue weighted by atomic mass is 9.96. The highest BCUT2D eigenvalue weighted by Crippen LogP contribution is 2.29. The van der Waals surface area contributed by atoms with E-state index in [1.807, 2.05) is 13.2 Å². The summed E-state index contributed by atoms with van der Waals surface area (Å²) in [6.07, 6.45) is 4.38. The zero-order valence-corrected chi connectivity index (χ0v) is 15.6. The van der Waals surface area contributed by atoms with Gasteiger partial charge in [-0.25, -0.2) is 0 Å². The van der Waals surface area contributed by atoms with Gasteiger partial charge in [0.05, 0.1) is 0 Å². The molecule has 1 heterocycles. The third kappa shape index (κ3) is 4.74. The lowest BCUT2D eigenvalue weighted by Crippen LogP contribution is -2.54. The summed E-state index contributed by atoms with van der Waals surface area (Å²) in [5.41, 5.74) is 5.40. The molecule has 1 aliphatic heterocycles. The number of hydrogen-bond acceptors (Lipinski definition) is 5. The van der Waals surface area contributed by atoms with Crippen LogP contribution >= 0.6 is 11.8 Å². The van der Waals surface area contributed by atoms with Crippen LogP contribution in [0.3, 0.4) is 0 Å². The Morgan fingerprint density at radius 2 is 2.08 bits per heavy atom. The zero-order valence-electron chi connectivity index (χ0n) is 14.8. The van der Waals surface area contributed by atoms with E-state index in [0.717, 1.165) is 6.42 Å². The number of primary amides is 1. The standard InChI is InChI=1S/C17H27N3O4S/c1-10-8-11(21)9-12(10)16(23)19-13(5-7-25-2)17(24)20-6-3-4-14(20)15(18)22/h10,12-14H,3-9H2,1-2H3,(H2,18,22)(H,19,23)/t10-,12+,13+,14+/m1/s1. The van der Waals surface area contributed by atoms with Gasteiger partial charge in [0.15, 0.2) is 0 Å². The number of amides is 3. The van der Waals surface area contributed by atoms with E-state index in [-0.39, 0.29) is 35.9 Å². The van der Waals surface area contributed by atoms with Gasteiger partial charge >= 0.3 is 0 Å². The summed E-state index contributed by atoms with van der Waals surface area (Å²) in [6, 6.07) is -1.27. The molecule has 2 aliphatic rings. The maximum absolute atomic E-state index is 12.9. The molecule has 1 saturated carbocycles. The van der Waals surface area contributed by atoms with Crippen LogP contribution in [0, 0.1) is 11.8 Å². The Hall–Kier alpha value is -1.57. The Kier molecular flexibility index (Phi) is 6.87. The Morgan fingerprint density at radius 3 is 2.64 bits per heavy atom. The van der Waals surface area contributed by atoms with Crippen LogP contribution in [0.4, 0.5) is 0 Å². The van der Waals surface area contributed by atoms with Crippen LogP contribution in [-0.2, 0) is 19.2 Å². The zero-order chi connectivity index (χ0) is 18.6. The molecule has 1 aliphatic carbocycles. The molecule has 0 spiro atoms. The third-order valence-corrected chi connectivity index (χ3v) is 5.75. The van der Waals surface area contributed by atoms with Crippen molar-refractivity contribution in [2.45, 2.75) is 51.1 Å². The number of hydrogen-bond donors (Lipinski definition) is 2. The first kappa shape index (κ1) is 19.8. The van der Waals surface area contributed by atoms with E-state index in [9.17, 15) is 19.2 Å². The van der Waals surface area contributed by atoms with Gasteiger partial charge in [-0.1, -0.05) is 6.92 Å². The van der Waals surface area contributed by atoms with Gasteiger partial charge in [-0.2, -0.15) is 11.8 Å². The van der Waals surface area contributed by atoms with Crippen LogP contribution in [0.5, 0.6) is 0 Å². The lowest BCUT2D eigenvalue weighted by Gasteiger charge is -2.28. The molecule has 0 aromatic rings. The minimum atomic E-state index is -0.678. The van der Waals surface area contributed by atoms with Crippen molar-refractivity contribution in [1.29, 1.82) is 0 Å². The first-order valence-corrected chi connectivity index (χ1v) is 10.1. The smallest absolute Gasteiger partial charge is 0.245 e. The average Bonchev–Trinajstić information content (AvgIpc) is 3.17. The molecule has 0 aromatic heterocycles. The van der Waals surface area contributed by atoms with Crippen molar-refractivity contribution < 1.29 is 19.2 Å². The fraction of sp³-hybridized carbons (Fsp3) is 0.765. The summed E-state index contributed by atoms with van der Waals surface area (Å²) < 4.78 is 0. The molecule has 0 radical (unpaired) electrons. The fourth-order valence-electron chi connectivity index (χ4n) is 3.68. The highest BCUT2D eigenvalue weighted by molar-refractivity contribution is 7.98. The van der Waals surface area contributed by atoms with E-state index in [0.29, 0.717) is 31.6 Å². The summed E-state index contributed by atoms with van der Waals surface area (Å²) >= 11 is 1.59. The van der Waals surface area contributed by atoms with Gasteiger partial charge in [-0.15, -0.1) is 0 Å². The highest BCUT2D eigenvalue weighted by Gasteiger charge is 2.39. The molecule has 8 heteroatoms. The largest absolute Gasteiger partial charge is 0.368 e. The second kappa shape index (κ2) is 8.69. The average molecular weight is 369 g/mol. The Labute approximate surface area is 152 Å². The molecule has 7 nitrogen and oxygen atoms in total. The van der Waals surface area contributed by atoms with Crippen molar-refractivity contribution >= 4 is 35.3 Å². The molecule has 0 unspecified atom stereocenters. The molecule has 3 N–H and O–H groups in total. The van der Waals surface area contributed by atoms with Crippen molar-refractivity contribution in [3.8, 4) is 0 Å². The van der Waals surface area contributed by atoms with Gasteiger partial charge in [-0.3, -0.25) is 19.2 Å². The van der Waals surface area contributed by atoms with E-state index < -0.39 is 18.0 Å². The predicted molar refractivity (Wildman–Crippen MR) is 95.8 cm³/mol. The minimum Gasteiger partial charge on any atom is -0.368 e. The molecule has 0 bridgehead atoms. The van der Waals surface area contributed by atoms with Gasteiger partial charge in [-0.05, 0) is 37.2 Å². The number of rotatable bonds is 7. The molecule has 3 amide bonds. The molecule has 2 rings (SSSR count). The first-order chi connectivity index (χ1) is 11.8. The van der Waals surface area contributed by atoms with E-state index in [1.54, 1.807) is 11.8 Å². The lowest BCUT2D eigenvalue weighted by molar-refractivity contribution is -0.141. The van der Waals surface area contributed by atoms with Crippen LogP contribution in [0.2, 0.25) is 0 Å². The monoisotopic (exact) mass is 369 g/mol. The molecule has 140 valence electrons. The molecule has 4 atom stereocenters. The van der Waals surface area contributed by atoms with Crippen LogP contribution < -0.4 is 11.1 Å². The number of Topliss-reactive ketones (excluding diaryl/α,β-unsaturated/α-hetero) is 1. The molecule has 1 saturated heterocycles. The van der Waals surface area contributed by atoms with E-state index in [1.165, 1.54) is 4.90 Å². The van der Waals surface area contributed by atoms with Crippen LogP contribution in [0.1, 0.15) is 39.0 Å². The maximum Gasteiger partial charge on any atom is 0.245 e. The number of nitrogens with zero attached hydrogens (tertiary/aromatic N) is 1. The van der Waals surface area contributed by atoms with Crippen LogP contribution in [0.25, 0.3) is 0 Å². The molecular formula is C17H27N3O4S. The van der Waals surface area contributed by atoms with E-state index >= 15 is 0 Å². The second-order valence-corrected chi connectivity index (χ2v) is 7.95. The predicted octanol–water partition coefficient (Wildman–Crippen LogP) is 0.316. The SMILES string of the molecule is CSCC[C@H](NC(=O)[C@H]1CC(=O)C[C@H]1C)C(=O)N1CCC[C@H]1C(N)=O. The Bertz CT molecular complexity index is 554. The van der Waals surface area contributed by atoms with Crippen molar-refractivity contribution in [2.75, 3.05) is 18.6 Å². The summed E-state index contributed by atoms with van der Waals surface area (Å²) in [7, 11) is 0. The first-order valence-electron chi connectivity index (χ1n) is 8.76. The number of nitrogens with one attached hydrogen (secondary N) is 1. The summed E-state index contributed by atoms with van der Waals surface area (Å²) in [6.45, 7) is 2.37. The topological polar surface area (TPSA) is 110 Å². The summed E-state index contributed by atoms with van der Waals surface area (Å²) in [5.74, 6) is -0.570. The van der Waals surface area contributed by atoms with Gasteiger partial charge in [0.25, 0.3) is 0 Å². The quantitative estimate of drug-likeness (QED) is 0.671. The maximum atomic E-state index is 12.9. The molecular weight excluding hydrogens is 342 g/mol. The Balaban J connectivity index is 2.07. The van der Waals surface area contributed by atoms with E-state index in [2.05, 4.69) is 5.32 Å². The number of carbonyl (C=O) groups is 4. The fourth-order valence-corrected chi connectivity index (χ4v) is 4.15. The van der Waals surface area contributed by atoms with Crippen molar-refractivity contribution in [3.63, 3.8) is 0 Å². The van der Waals surface area contributed by atoms with Gasteiger partial charge in [0.1, 0.15) is 17.9 Å². The summed E-state index contributed by atoms with van der Waals surface area (Å²) in [5, 5.41) is 2.83. The van der Waals surface area contributed by atoms with Crippen LogP contribution in [0.15, 0.2) is 0 Å². The van der Waals surface area contributed by atoms with Crippen LogP contribution in [-0.4, -0.2) is 59.0 Å². The Morgan fingerprint density at radius 1 is 1.36 bits per heavy atom. The molecule has 25 heavy (non-hydrogen) atoms. The van der Waals surface area contributed by atoms with Crippen molar-refractivity contribution in [1.82, 2.24) is 10.2 Å². The molecule has 0 aromatic carbocycles. The number of likely N-dealkylation sites (tertiary alicyclic amines) is 1. The highest BCUT2D eigenvalue weighted by atomic mass is 32.2. The third-order valence-electron chi connectivity index (χ3n) is 5.11. The number of carbonyl (C=O) groups excluding carboxylic acids is 4. The van der Waals surface area contributed by atoms with Crippen molar-refractivity contribution in [2.24, 2.45) is 17.6 Å². The normalized spacial score (nSPS) is 27.4. The number of nitrogens with two attached hydrogens (primary N) is 1. The van der Waals surface area contributed by atoms with Gasteiger partial charge in [0.2, 0.25) is 17.7 Å². The van der Waals surface area contributed by atoms with Crippen molar-refractivity contribution in [3.05, 3.63) is 0 Å². The van der Waals surface area contributed by atoms with Gasteiger partial charge in [0, 0.05) is 25.3 Å². The summed E-state index contributed by atoms with van der Waals surface area (Å²) in [4.78, 5) is 50.1. The van der Waals surface area contributed by atoms with E-state index in [4.69, 9.17) is 5.73 Å². The minimum absolute atomic E-state index is 0.00560. The number of thioether (sulfide) groups is 1. The second-order valence-electron chi connectivity index (χ2n) is 6.97.